The van der Waals surface area contributed by atoms with Gasteiger partial charge < -0.3 is 9.47 Å². The number of amides is 1. The summed E-state index contributed by atoms with van der Waals surface area (Å²) >= 11 is 1.37. The number of fused-ring (bicyclic) bond motifs is 1. The van der Waals surface area contributed by atoms with Crippen LogP contribution < -0.4 is 14.4 Å². The summed E-state index contributed by atoms with van der Waals surface area (Å²) in [6, 6.07) is 11.0. The van der Waals surface area contributed by atoms with Gasteiger partial charge in [0.2, 0.25) is 0 Å². The molecule has 30 heavy (non-hydrogen) atoms. The summed E-state index contributed by atoms with van der Waals surface area (Å²) in [5, 5.41) is 4.84. The third-order valence-electron chi connectivity index (χ3n) is 4.64. The smallest absolute Gasteiger partial charge is 0.278 e. The van der Waals surface area contributed by atoms with Crippen molar-refractivity contribution in [3.63, 3.8) is 0 Å². The predicted octanol–water partition coefficient (Wildman–Crippen LogP) is 3.60. The molecule has 0 N–H and O–H groups in total. The lowest BCUT2D eigenvalue weighted by Crippen LogP contribution is -2.32. The maximum atomic E-state index is 13.5. The van der Waals surface area contributed by atoms with Crippen molar-refractivity contribution in [2.75, 3.05) is 19.1 Å². The highest BCUT2D eigenvalue weighted by molar-refractivity contribution is 7.22. The maximum Gasteiger partial charge on any atom is 0.278 e. The molecule has 0 saturated carbocycles. The first-order chi connectivity index (χ1) is 14.5. The Balaban J connectivity index is 1.85. The number of benzene rings is 1. The standard InChI is InChI=1S/C21H21N5O3S/c1-13-11-15(25(2)24-13)20(27)26(12-14-7-5-6-10-22-14)21-23-18-16(28-3)8-9-17(29-4)19(18)30-21/h5-11H,12H2,1-4H3. The molecule has 0 unspecified atom stereocenters. The van der Waals surface area contributed by atoms with E-state index in [4.69, 9.17) is 14.5 Å². The molecular formula is C21H21N5O3S. The number of aryl methyl sites for hydroxylation is 2. The second-order valence-corrected chi connectivity index (χ2v) is 7.63. The molecule has 4 rings (SSSR count). The minimum Gasteiger partial charge on any atom is -0.495 e. The van der Waals surface area contributed by atoms with Crippen LogP contribution in [0, 0.1) is 6.92 Å². The summed E-state index contributed by atoms with van der Waals surface area (Å²) in [6.07, 6.45) is 1.70. The molecule has 0 aliphatic rings. The molecule has 0 atom stereocenters. The molecule has 0 spiro atoms. The number of thiazole rings is 1. The lowest BCUT2D eigenvalue weighted by Gasteiger charge is -2.19. The van der Waals surface area contributed by atoms with Gasteiger partial charge in [-0.1, -0.05) is 17.4 Å². The quantitative estimate of drug-likeness (QED) is 0.471. The molecule has 154 valence electrons. The van der Waals surface area contributed by atoms with Gasteiger partial charge in [0.1, 0.15) is 27.4 Å². The van der Waals surface area contributed by atoms with Gasteiger partial charge in [0.25, 0.3) is 5.91 Å². The van der Waals surface area contributed by atoms with Crippen LogP contribution in [0.2, 0.25) is 0 Å². The number of pyridine rings is 1. The predicted molar refractivity (Wildman–Crippen MR) is 115 cm³/mol. The summed E-state index contributed by atoms with van der Waals surface area (Å²) < 4.78 is 13.3. The summed E-state index contributed by atoms with van der Waals surface area (Å²) in [7, 11) is 4.95. The Labute approximate surface area is 177 Å². The fraction of sp³-hybridized carbons (Fsp3) is 0.238. The number of hydrogen-bond donors (Lipinski definition) is 0. The molecule has 9 heteroatoms. The van der Waals surface area contributed by atoms with Gasteiger partial charge in [-0.15, -0.1) is 0 Å². The summed E-state index contributed by atoms with van der Waals surface area (Å²) in [4.78, 5) is 24.2. The third-order valence-corrected chi connectivity index (χ3v) is 5.74. The van der Waals surface area contributed by atoms with Crippen LogP contribution in [0.3, 0.4) is 0 Å². The van der Waals surface area contributed by atoms with E-state index in [9.17, 15) is 4.79 Å². The van der Waals surface area contributed by atoms with E-state index in [-0.39, 0.29) is 12.5 Å². The molecule has 3 heterocycles. The van der Waals surface area contributed by atoms with Gasteiger partial charge in [-0.25, -0.2) is 4.98 Å². The van der Waals surface area contributed by atoms with Crippen LogP contribution >= 0.6 is 11.3 Å². The molecule has 0 aliphatic heterocycles. The zero-order valence-electron chi connectivity index (χ0n) is 17.1. The highest BCUT2D eigenvalue weighted by Gasteiger charge is 2.26. The largest absolute Gasteiger partial charge is 0.495 e. The van der Waals surface area contributed by atoms with E-state index in [2.05, 4.69) is 10.1 Å². The van der Waals surface area contributed by atoms with Crippen LogP contribution in [-0.2, 0) is 13.6 Å². The molecule has 3 aromatic heterocycles. The number of ether oxygens (including phenoxy) is 2. The number of rotatable bonds is 6. The van der Waals surface area contributed by atoms with Crippen molar-refractivity contribution in [1.82, 2.24) is 19.7 Å². The zero-order chi connectivity index (χ0) is 21.3. The lowest BCUT2D eigenvalue weighted by molar-refractivity contribution is 0.0975. The van der Waals surface area contributed by atoms with E-state index in [1.165, 1.54) is 11.3 Å². The lowest BCUT2D eigenvalue weighted by atomic mass is 10.3. The van der Waals surface area contributed by atoms with E-state index in [0.717, 1.165) is 16.1 Å². The van der Waals surface area contributed by atoms with E-state index < -0.39 is 0 Å². The molecular weight excluding hydrogens is 402 g/mol. The zero-order valence-corrected chi connectivity index (χ0v) is 17.9. The second kappa shape index (κ2) is 8.11. The number of carbonyl (C=O) groups excluding carboxylic acids is 1. The molecule has 0 saturated heterocycles. The number of hydrogen-bond acceptors (Lipinski definition) is 7. The van der Waals surface area contributed by atoms with Gasteiger partial charge in [0, 0.05) is 13.2 Å². The highest BCUT2D eigenvalue weighted by Crippen LogP contribution is 2.40. The van der Waals surface area contributed by atoms with E-state index in [1.807, 2.05) is 31.2 Å². The normalized spacial score (nSPS) is 10.9. The van der Waals surface area contributed by atoms with Crippen LogP contribution in [-0.4, -0.2) is 39.9 Å². The number of carbonyl (C=O) groups is 1. The van der Waals surface area contributed by atoms with Gasteiger partial charge in [0.05, 0.1) is 32.2 Å². The van der Waals surface area contributed by atoms with E-state index in [0.29, 0.717) is 27.8 Å². The number of nitrogens with zero attached hydrogens (tertiary/aromatic N) is 5. The summed E-state index contributed by atoms with van der Waals surface area (Å²) in [6.45, 7) is 2.13. The molecule has 8 nitrogen and oxygen atoms in total. The van der Waals surface area contributed by atoms with Crippen LogP contribution in [0.4, 0.5) is 5.13 Å². The molecule has 0 aliphatic carbocycles. The second-order valence-electron chi connectivity index (χ2n) is 6.65. The van der Waals surface area contributed by atoms with Crippen LogP contribution in [0.5, 0.6) is 11.5 Å². The van der Waals surface area contributed by atoms with Gasteiger partial charge >= 0.3 is 0 Å². The Hall–Kier alpha value is -3.46. The van der Waals surface area contributed by atoms with Crippen LogP contribution in [0.25, 0.3) is 10.2 Å². The Morgan fingerprint density at radius 1 is 1.17 bits per heavy atom. The van der Waals surface area contributed by atoms with Crippen LogP contribution in [0.1, 0.15) is 21.9 Å². The van der Waals surface area contributed by atoms with Crippen molar-refractivity contribution < 1.29 is 14.3 Å². The van der Waals surface area contributed by atoms with E-state index >= 15 is 0 Å². The summed E-state index contributed by atoms with van der Waals surface area (Å²) in [5.41, 5.74) is 2.65. The Morgan fingerprint density at radius 3 is 2.57 bits per heavy atom. The minimum absolute atomic E-state index is 0.208. The van der Waals surface area contributed by atoms with Gasteiger partial charge in [-0.2, -0.15) is 5.10 Å². The average molecular weight is 423 g/mol. The van der Waals surface area contributed by atoms with Crippen molar-refractivity contribution >= 4 is 32.6 Å². The number of methoxy groups -OCH3 is 2. The van der Waals surface area contributed by atoms with Crippen LogP contribution in [0.15, 0.2) is 42.6 Å². The first-order valence-electron chi connectivity index (χ1n) is 9.25. The Bertz CT molecular complexity index is 1160. The van der Waals surface area contributed by atoms with Crippen molar-refractivity contribution in [3.05, 3.63) is 59.7 Å². The van der Waals surface area contributed by atoms with Gasteiger partial charge in [0.15, 0.2) is 5.13 Å². The van der Waals surface area contributed by atoms with Gasteiger partial charge in [-0.3, -0.25) is 19.4 Å². The first kappa shape index (κ1) is 19.8. The molecule has 1 amide bonds. The molecule has 1 aromatic carbocycles. The maximum absolute atomic E-state index is 13.5. The Kier molecular flexibility index (Phi) is 5.37. The molecule has 0 bridgehead atoms. The summed E-state index contributed by atoms with van der Waals surface area (Å²) in [5.74, 6) is 1.09. The van der Waals surface area contributed by atoms with Crippen molar-refractivity contribution in [2.45, 2.75) is 13.5 Å². The van der Waals surface area contributed by atoms with Crippen molar-refractivity contribution in [1.29, 1.82) is 0 Å². The number of anilines is 1. The first-order valence-corrected chi connectivity index (χ1v) is 10.1. The fourth-order valence-corrected chi connectivity index (χ4v) is 4.29. The molecule has 0 radical (unpaired) electrons. The topological polar surface area (TPSA) is 82.4 Å². The Morgan fingerprint density at radius 2 is 1.93 bits per heavy atom. The van der Waals surface area contributed by atoms with E-state index in [1.54, 1.807) is 49.2 Å². The minimum atomic E-state index is -0.208. The number of aromatic nitrogens is 4. The monoisotopic (exact) mass is 423 g/mol. The SMILES string of the molecule is COc1ccc(OC)c2sc(N(Cc3ccccn3)C(=O)c3cc(C)nn3C)nc12. The average Bonchev–Trinajstić information content (AvgIpc) is 3.34. The van der Waals surface area contributed by atoms with Gasteiger partial charge in [-0.05, 0) is 37.3 Å². The highest BCUT2D eigenvalue weighted by atomic mass is 32.1. The molecule has 0 fully saturated rings. The molecule has 4 aromatic rings. The third kappa shape index (κ3) is 3.59. The van der Waals surface area contributed by atoms with Crippen molar-refractivity contribution in [2.24, 2.45) is 7.05 Å². The fourth-order valence-electron chi connectivity index (χ4n) is 3.22. The van der Waals surface area contributed by atoms with Crippen molar-refractivity contribution in [3.8, 4) is 11.5 Å².